The topological polar surface area (TPSA) is 17.1 Å². The van der Waals surface area contributed by atoms with E-state index in [0.717, 1.165) is 19.3 Å². The summed E-state index contributed by atoms with van der Waals surface area (Å²) in [7, 11) is 0. The molecule has 1 aliphatic rings. The van der Waals surface area contributed by atoms with Crippen LogP contribution in [0.15, 0.2) is 0 Å². The monoisotopic (exact) mass is 308 g/mol. The van der Waals surface area contributed by atoms with E-state index < -0.39 is 0 Å². The van der Waals surface area contributed by atoms with Crippen LogP contribution in [-0.2, 0) is 4.79 Å². The van der Waals surface area contributed by atoms with E-state index >= 15 is 0 Å². The molecule has 0 aromatic heterocycles. The molecule has 1 unspecified atom stereocenters. The summed E-state index contributed by atoms with van der Waals surface area (Å²) in [5.74, 6) is 0.492. The molecule has 0 heterocycles. The molecule has 2 heteroatoms. The summed E-state index contributed by atoms with van der Waals surface area (Å²) in [6.07, 6.45) is 12.4. The van der Waals surface area contributed by atoms with Gasteiger partial charge in [0.15, 0.2) is 0 Å². The van der Waals surface area contributed by atoms with Crippen LogP contribution >= 0.6 is 22.6 Å². The maximum Gasteiger partial charge on any atom is 0.145 e. The Labute approximate surface area is 101 Å². The third kappa shape index (κ3) is 5.32. The fourth-order valence-electron chi connectivity index (χ4n) is 2.00. The smallest absolute Gasteiger partial charge is 0.145 e. The maximum atomic E-state index is 11.6. The number of carbonyl (C=O) groups excluding carboxylic acids is 1. The fraction of sp³-hybridized carbons (Fsp3) is 0.917. The van der Waals surface area contributed by atoms with Gasteiger partial charge in [-0.25, -0.2) is 0 Å². The van der Waals surface area contributed by atoms with Gasteiger partial charge in [-0.3, -0.25) is 4.79 Å². The fourth-order valence-corrected chi connectivity index (χ4v) is 2.75. The highest BCUT2D eigenvalue weighted by atomic mass is 127. The van der Waals surface area contributed by atoms with Crippen LogP contribution in [0.25, 0.3) is 0 Å². The van der Waals surface area contributed by atoms with E-state index in [1.54, 1.807) is 0 Å². The highest BCUT2D eigenvalue weighted by molar-refractivity contribution is 14.1. The zero-order valence-corrected chi connectivity index (χ0v) is 11.1. The van der Waals surface area contributed by atoms with Crippen molar-refractivity contribution in [2.24, 2.45) is 0 Å². The van der Waals surface area contributed by atoms with Crippen LogP contribution in [0.5, 0.6) is 0 Å². The molecule has 14 heavy (non-hydrogen) atoms. The molecule has 0 saturated heterocycles. The average Bonchev–Trinajstić information content (AvgIpc) is 2.18. The minimum absolute atomic E-state index is 0.298. The minimum atomic E-state index is 0.298. The highest BCUT2D eigenvalue weighted by Gasteiger charge is 2.13. The normalized spacial score (nSPS) is 27.8. The Kier molecular flexibility index (Phi) is 6.82. The Morgan fingerprint density at radius 1 is 0.857 bits per heavy atom. The number of rotatable bonds is 0. The van der Waals surface area contributed by atoms with Gasteiger partial charge in [0.05, 0.1) is 3.92 Å². The van der Waals surface area contributed by atoms with E-state index in [-0.39, 0.29) is 0 Å². The van der Waals surface area contributed by atoms with Crippen LogP contribution in [0.2, 0.25) is 0 Å². The molecule has 0 N–H and O–H groups in total. The molecule has 0 aromatic rings. The van der Waals surface area contributed by atoms with Crippen molar-refractivity contribution in [2.75, 3.05) is 0 Å². The second-order valence-electron chi connectivity index (χ2n) is 4.30. The van der Waals surface area contributed by atoms with Gasteiger partial charge in [0.1, 0.15) is 5.78 Å². The van der Waals surface area contributed by atoms with Gasteiger partial charge < -0.3 is 0 Å². The van der Waals surface area contributed by atoms with Gasteiger partial charge in [0, 0.05) is 6.42 Å². The van der Waals surface area contributed by atoms with Crippen molar-refractivity contribution in [1.82, 2.24) is 0 Å². The lowest BCUT2D eigenvalue weighted by molar-refractivity contribution is -0.118. The zero-order chi connectivity index (χ0) is 10.2. The van der Waals surface area contributed by atoms with Crippen LogP contribution in [0, 0.1) is 0 Å². The summed E-state index contributed by atoms with van der Waals surface area (Å²) >= 11 is 2.33. The first-order valence-corrected chi connectivity index (χ1v) is 7.22. The van der Waals surface area contributed by atoms with E-state index in [9.17, 15) is 4.79 Å². The predicted octanol–water partition coefficient (Wildman–Crippen LogP) is 4.27. The predicted molar refractivity (Wildman–Crippen MR) is 69.0 cm³/mol. The Balaban J connectivity index is 2.27. The standard InChI is InChI=1S/C12H21IO/c13-11-9-7-5-3-1-2-4-6-8-10-12(11)14/h11H,1-10H2. The summed E-state index contributed by atoms with van der Waals surface area (Å²) in [5, 5.41) is 0. The Morgan fingerprint density at radius 3 is 2.00 bits per heavy atom. The van der Waals surface area contributed by atoms with Crippen LogP contribution in [-0.4, -0.2) is 9.71 Å². The van der Waals surface area contributed by atoms with E-state index in [1.807, 2.05) is 0 Å². The van der Waals surface area contributed by atoms with E-state index in [2.05, 4.69) is 22.6 Å². The number of ketones is 1. The largest absolute Gasteiger partial charge is 0.299 e. The molecule has 0 aromatic carbocycles. The number of hydrogen-bond acceptors (Lipinski definition) is 1. The molecule has 1 atom stereocenters. The van der Waals surface area contributed by atoms with Gasteiger partial charge >= 0.3 is 0 Å². The van der Waals surface area contributed by atoms with Gasteiger partial charge in [-0.15, -0.1) is 0 Å². The maximum absolute atomic E-state index is 11.6. The van der Waals surface area contributed by atoms with Crippen molar-refractivity contribution >= 4 is 28.4 Å². The first kappa shape index (κ1) is 12.5. The van der Waals surface area contributed by atoms with Crippen LogP contribution in [0.3, 0.4) is 0 Å². The quantitative estimate of drug-likeness (QED) is 0.482. The lowest BCUT2D eigenvalue weighted by atomic mass is 10.0. The number of carbonyl (C=O) groups is 1. The molecule has 1 rings (SSSR count). The summed E-state index contributed by atoms with van der Waals surface area (Å²) in [4.78, 5) is 11.6. The van der Waals surface area contributed by atoms with Crippen molar-refractivity contribution in [3.05, 3.63) is 0 Å². The van der Waals surface area contributed by atoms with Crippen molar-refractivity contribution in [3.8, 4) is 0 Å². The lowest BCUT2D eigenvalue weighted by Crippen LogP contribution is -2.13. The molecule has 1 fully saturated rings. The molecule has 1 nitrogen and oxygen atoms in total. The minimum Gasteiger partial charge on any atom is -0.299 e. The highest BCUT2D eigenvalue weighted by Crippen LogP contribution is 2.19. The molecular formula is C12H21IO. The summed E-state index contributed by atoms with van der Waals surface area (Å²) in [5.41, 5.74) is 0. The Bertz CT molecular complexity index is 168. The molecule has 0 spiro atoms. The van der Waals surface area contributed by atoms with E-state index in [4.69, 9.17) is 0 Å². The molecule has 0 amide bonds. The Hall–Kier alpha value is 0.400. The SMILES string of the molecule is O=C1CCCCCCCCCCC1I. The summed E-state index contributed by atoms with van der Waals surface area (Å²) < 4.78 is 0.298. The van der Waals surface area contributed by atoms with Crippen molar-refractivity contribution in [1.29, 1.82) is 0 Å². The van der Waals surface area contributed by atoms with Gasteiger partial charge in [-0.2, -0.15) is 0 Å². The van der Waals surface area contributed by atoms with Gasteiger partial charge in [0.2, 0.25) is 0 Å². The van der Waals surface area contributed by atoms with Gasteiger partial charge in [0.25, 0.3) is 0 Å². The number of hydrogen-bond donors (Lipinski definition) is 0. The first-order chi connectivity index (χ1) is 6.80. The van der Waals surface area contributed by atoms with Crippen LogP contribution in [0.4, 0.5) is 0 Å². The molecule has 1 aliphatic carbocycles. The second kappa shape index (κ2) is 7.66. The third-order valence-corrected chi connectivity index (χ3v) is 4.30. The second-order valence-corrected chi connectivity index (χ2v) is 5.80. The van der Waals surface area contributed by atoms with Crippen LogP contribution < -0.4 is 0 Å². The number of alkyl halides is 1. The molecule has 1 saturated carbocycles. The van der Waals surface area contributed by atoms with Crippen LogP contribution in [0.1, 0.15) is 64.2 Å². The van der Waals surface area contributed by atoms with Gasteiger partial charge in [-0.1, -0.05) is 67.5 Å². The first-order valence-electron chi connectivity index (χ1n) is 5.97. The molecule has 0 radical (unpaired) electrons. The van der Waals surface area contributed by atoms with E-state index in [0.29, 0.717) is 9.71 Å². The van der Waals surface area contributed by atoms with Crippen molar-refractivity contribution in [3.63, 3.8) is 0 Å². The lowest BCUT2D eigenvalue weighted by Gasteiger charge is -2.10. The van der Waals surface area contributed by atoms with E-state index in [1.165, 1.54) is 44.9 Å². The Morgan fingerprint density at radius 2 is 1.36 bits per heavy atom. The van der Waals surface area contributed by atoms with Crippen molar-refractivity contribution in [2.45, 2.75) is 68.1 Å². The summed E-state index contributed by atoms with van der Waals surface area (Å²) in [6.45, 7) is 0. The zero-order valence-electron chi connectivity index (χ0n) is 8.93. The molecular weight excluding hydrogens is 287 g/mol. The molecule has 0 aliphatic heterocycles. The molecule has 82 valence electrons. The molecule has 0 bridgehead atoms. The number of Topliss-reactive ketones (excluding diaryl/α,β-unsaturated/α-hetero) is 1. The third-order valence-electron chi connectivity index (χ3n) is 2.98. The van der Waals surface area contributed by atoms with Gasteiger partial charge in [-0.05, 0) is 12.8 Å². The number of halogens is 1. The summed E-state index contributed by atoms with van der Waals surface area (Å²) in [6, 6.07) is 0. The van der Waals surface area contributed by atoms with Crippen molar-refractivity contribution < 1.29 is 4.79 Å². The average molecular weight is 308 g/mol.